The van der Waals surface area contributed by atoms with E-state index in [1.807, 2.05) is 13.8 Å². The average molecular weight is 244 g/mol. The highest BCUT2D eigenvalue weighted by Gasteiger charge is 2.20. The molecular weight excluding hydrogens is 220 g/mol. The van der Waals surface area contributed by atoms with Crippen molar-refractivity contribution in [1.29, 1.82) is 0 Å². The van der Waals surface area contributed by atoms with E-state index in [0.29, 0.717) is 6.54 Å². The number of hydrogen-bond donors (Lipinski definition) is 2. The molecule has 1 rings (SSSR count). The summed E-state index contributed by atoms with van der Waals surface area (Å²) < 4.78 is 5.27. The average Bonchev–Trinajstić information content (AvgIpc) is 2.29. The maximum Gasteiger partial charge on any atom is 0.308 e. The molecular formula is C12H24N2O3. The first-order chi connectivity index (χ1) is 8.11. The van der Waals surface area contributed by atoms with Crippen molar-refractivity contribution in [3.63, 3.8) is 0 Å². The molecule has 0 radical (unpaired) electrons. The normalized spacial score (nSPS) is 19.5. The van der Waals surface area contributed by atoms with Crippen LogP contribution < -0.4 is 5.32 Å². The smallest absolute Gasteiger partial charge is 0.308 e. The largest absolute Gasteiger partial charge is 0.481 e. The highest BCUT2D eigenvalue weighted by atomic mass is 16.5. The lowest BCUT2D eigenvalue weighted by Gasteiger charge is -2.27. The predicted molar refractivity (Wildman–Crippen MR) is 66.1 cm³/mol. The van der Waals surface area contributed by atoms with Gasteiger partial charge in [0, 0.05) is 32.7 Å². The summed E-state index contributed by atoms with van der Waals surface area (Å²) >= 11 is 0. The molecule has 2 N–H and O–H groups in total. The summed E-state index contributed by atoms with van der Waals surface area (Å²) in [7, 11) is 0. The zero-order valence-corrected chi connectivity index (χ0v) is 10.8. The number of carbonyl (C=O) groups is 1. The van der Waals surface area contributed by atoms with Gasteiger partial charge in [0.2, 0.25) is 0 Å². The van der Waals surface area contributed by atoms with Gasteiger partial charge in [-0.1, -0.05) is 13.8 Å². The van der Waals surface area contributed by atoms with Crippen molar-refractivity contribution in [2.75, 3.05) is 45.9 Å². The number of carboxylic acid groups (broad SMARTS) is 1. The Morgan fingerprint density at radius 2 is 2.06 bits per heavy atom. The SMILES string of the molecule is CC(C)C(CNCCN1CCOCC1)C(=O)O. The molecule has 100 valence electrons. The van der Waals surface area contributed by atoms with Crippen LogP contribution in [0.25, 0.3) is 0 Å². The molecule has 1 heterocycles. The summed E-state index contributed by atoms with van der Waals surface area (Å²) in [4.78, 5) is 13.3. The highest BCUT2D eigenvalue weighted by Crippen LogP contribution is 2.09. The zero-order valence-electron chi connectivity index (χ0n) is 10.8. The third-order valence-corrected chi connectivity index (χ3v) is 3.19. The van der Waals surface area contributed by atoms with Gasteiger partial charge in [-0.15, -0.1) is 0 Å². The maximum atomic E-state index is 11.0. The second-order valence-electron chi connectivity index (χ2n) is 4.85. The van der Waals surface area contributed by atoms with Gasteiger partial charge in [-0.05, 0) is 5.92 Å². The van der Waals surface area contributed by atoms with E-state index < -0.39 is 5.97 Å². The van der Waals surface area contributed by atoms with Crippen LogP contribution in [0.5, 0.6) is 0 Å². The number of rotatable bonds is 7. The molecule has 1 aliphatic heterocycles. The first-order valence-corrected chi connectivity index (χ1v) is 6.35. The summed E-state index contributed by atoms with van der Waals surface area (Å²) in [5.74, 6) is -0.832. The predicted octanol–water partition coefficient (Wildman–Crippen LogP) is 0.265. The Labute approximate surface area is 103 Å². The number of ether oxygens (including phenoxy) is 1. The number of hydrogen-bond acceptors (Lipinski definition) is 4. The molecule has 1 atom stereocenters. The van der Waals surface area contributed by atoms with Gasteiger partial charge in [0.1, 0.15) is 0 Å². The summed E-state index contributed by atoms with van der Waals surface area (Å²) in [6.45, 7) is 9.84. The van der Waals surface area contributed by atoms with Gasteiger partial charge >= 0.3 is 5.97 Å². The molecule has 1 fully saturated rings. The number of carboxylic acids is 1. The van der Waals surface area contributed by atoms with Crippen molar-refractivity contribution >= 4 is 5.97 Å². The second kappa shape index (κ2) is 7.63. The molecule has 1 saturated heterocycles. The second-order valence-corrected chi connectivity index (χ2v) is 4.85. The van der Waals surface area contributed by atoms with E-state index in [4.69, 9.17) is 9.84 Å². The van der Waals surface area contributed by atoms with Crippen molar-refractivity contribution in [2.24, 2.45) is 11.8 Å². The molecule has 17 heavy (non-hydrogen) atoms. The van der Waals surface area contributed by atoms with E-state index in [9.17, 15) is 4.79 Å². The Morgan fingerprint density at radius 3 is 2.59 bits per heavy atom. The van der Waals surface area contributed by atoms with Crippen LogP contribution in [0.15, 0.2) is 0 Å². The van der Waals surface area contributed by atoms with Gasteiger partial charge in [-0.3, -0.25) is 9.69 Å². The van der Waals surface area contributed by atoms with Crippen molar-refractivity contribution in [2.45, 2.75) is 13.8 Å². The Balaban J connectivity index is 2.11. The topological polar surface area (TPSA) is 61.8 Å². The quantitative estimate of drug-likeness (QED) is 0.629. The van der Waals surface area contributed by atoms with E-state index in [2.05, 4.69) is 10.2 Å². The monoisotopic (exact) mass is 244 g/mol. The molecule has 5 nitrogen and oxygen atoms in total. The highest BCUT2D eigenvalue weighted by molar-refractivity contribution is 5.70. The van der Waals surface area contributed by atoms with Gasteiger partial charge in [0.05, 0.1) is 19.1 Å². The fourth-order valence-electron chi connectivity index (χ4n) is 1.93. The molecule has 0 amide bonds. The first kappa shape index (κ1) is 14.4. The minimum atomic E-state index is -0.709. The fourth-order valence-corrected chi connectivity index (χ4v) is 1.93. The Morgan fingerprint density at radius 1 is 1.41 bits per heavy atom. The Bertz CT molecular complexity index is 228. The van der Waals surface area contributed by atoms with E-state index in [1.54, 1.807) is 0 Å². The van der Waals surface area contributed by atoms with Crippen LogP contribution in [0.4, 0.5) is 0 Å². The van der Waals surface area contributed by atoms with Crippen molar-refractivity contribution < 1.29 is 14.6 Å². The summed E-state index contributed by atoms with van der Waals surface area (Å²) in [6.07, 6.45) is 0. The lowest BCUT2D eigenvalue weighted by molar-refractivity contribution is -0.143. The molecule has 1 unspecified atom stereocenters. The molecule has 0 aromatic heterocycles. The van der Waals surface area contributed by atoms with Crippen LogP contribution in [0.3, 0.4) is 0 Å². The minimum Gasteiger partial charge on any atom is -0.481 e. The third kappa shape index (κ3) is 5.48. The molecule has 0 aliphatic carbocycles. The van der Waals surface area contributed by atoms with Gasteiger partial charge < -0.3 is 15.2 Å². The van der Waals surface area contributed by atoms with Gasteiger partial charge in [0.15, 0.2) is 0 Å². The molecule has 0 bridgehead atoms. The van der Waals surface area contributed by atoms with Crippen LogP contribution in [0.2, 0.25) is 0 Å². The van der Waals surface area contributed by atoms with Crippen LogP contribution in [0.1, 0.15) is 13.8 Å². The first-order valence-electron chi connectivity index (χ1n) is 6.35. The number of nitrogens with zero attached hydrogens (tertiary/aromatic N) is 1. The van der Waals surface area contributed by atoms with E-state index in [0.717, 1.165) is 39.4 Å². The van der Waals surface area contributed by atoms with Crippen LogP contribution in [-0.2, 0) is 9.53 Å². The fraction of sp³-hybridized carbons (Fsp3) is 0.917. The lowest BCUT2D eigenvalue weighted by Crippen LogP contribution is -2.41. The van der Waals surface area contributed by atoms with Crippen molar-refractivity contribution in [3.8, 4) is 0 Å². The molecule has 1 aliphatic rings. The number of nitrogens with one attached hydrogen (secondary N) is 1. The molecule has 0 aromatic rings. The third-order valence-electron chi connectivity index (χ3n) is 3.19. The molecule has 0 saturated carbocycles. The summed E-state index contributed by atoms with van der Waals surface area (Å²) in [5.41, 5.74) is 0. The van der Waals surface area contributed by atoms with Crippen molar-refractivity contribution in [3.05, 3.63) is 0 Å². The van der Waals surface area contributed by atoms with Crippen LogP contribution in [-0.4, -0.2) is 61.9 Å². The Hall–Kier alpha value is -0.650. The van der Waals surface area contributed by atoms with Gasteiger partial charge in [-0.25, -0.2) is 0 Å². The maximum absolute atomic E-state index is 11.0. The van der Waals surface area contributed by atoms with Crippen LogP contribution >= 0.6 is 0 Å². The van der Waals surface area contributed by atoms with E-state index in [-0.39, 0.29) is 11.8 Å². The van der Waals surface area contributed by atoms with Crippen molar-refractivity contribution in [1.82, 2.24) is 10.2 Å². The standard InChI is InChI=1S/C12H24N2O3/c1-10(2)11(12(15)16)9-13-3-4-14-5-7-17-8-6-14/h10-11,13H,3-9H2,1-2H3,(H,15,16). The Kier molecular flexibility index (Phi) is 6.47. The van der Waals surface area contributed by atoms with Gasteiger partial charge in [0.25, 0.3) is 0 Å². The van der Waals surface area contributed by atoms with Gasteiger partial charge in [-0.2, -0.15) is 0 Å². The van der Waals surface area contributed by atoms with Crippen LogP contribution in [0, 0.1) is 11.8 Å². The number of aliphatic carboxylic acids is 1. The zero-order chi connectivity index (χ0) is 12.7. The van der Waals surface area contributed by atoms with E-state index >= 15 is 0 Å². The summed E-state index contributed by atoms with van der Waals surface area (Å²) in [6, 6.07) is 0. The molecule has 0 spiro atoms. The molecule has 5 heteroatoms. The van der Waals surface area contributed by atoms with E-state index in [1.165, 1.54) is 0 Å². The summed E-state index contributed by atoms with van der Waals surface area (Å²) in [5, 5.41) is 12.3. The molecule has 0 aromatic carbocycles. The number of morpholine rings is 1. The lowest BCUT2D eigenvalue weighted by atomic mass is 9.96. The minimum absolute atomic E-state index is 0.170.